The maximum Gasteiger partial charge on any atom is 0.354 e. The van der Waals surface area contributed by atoms with E-state index in [1.54, 1.807) is 24.4 Å². The van der Waals surface area contributed by atoms with Crippen molar-refractivity contribution in [3.05, 3.63) is 92.8 Å². The van der Waals surface area contributed by atoms with Gasteiger partial charge >= 0.3 is 5.69 Å². The summed E-state index contributed by atoms with van der Waals surface area (Å²) in [7, 11) is 2.14. The van der Waals surface area contributed by atoms with Crippen molar-refractivity contribution in [2.75, 3.05) is 33.2 Å². The summed E-state index contributed by atoms with van der Waals surface area (Å²) in [6.45, 7) is 5.29. The average molecular weight is 662 g/mol. The normalized spacial score (nSPS) is 15.0. The second kappa shape index (κ2) is 15.7. The highest BCUT2D eigenvalue weighted by Gasteiger charge is 2.18. The lowest BCUT2D eigenvalue weighted by Crippen LogP contribution is -2.29. The van der Waals surface area contributed by atoms with Crippen molar-refractivity contribution >= 4 is 28.6 Å². The van der Waals surface area contributed by atoms with Crippen LogP contribution in [0.3, 0.4) is 0 Å². The second-order valence-electron chi connectivity index (χ2n) is 12.5. The molecule has 0 amide bonds. The van der Waals surface area contributed by atoms with Gasteiger partial charge in [0, 0.05) is 48.9 Å². The Bertz CT molecular complexity index is 1790. The molecule has 1 aliphatic heterocycles. The van der Waals surface area contributed by atoms with Gasteiger partial charge in [0.15, 0.2) is 11.8 Å². The lowest BCUT2D eigenvalue weighted by molar-refractivity contribution is 0.344. The lowest BCUT2D eigenvalue weighted by atomic mass is 9.96. The molecule has 12 heteroatoms. The fourth-order valence-corrected chi connectivity index (χ4v) is 6.31. The zero-order valence-corrected chi connectivity index (χ0v) is 27.9. The number of likely N-dealkylation sites (N-methyl/N-ethyl adjacent to an activating group) is 1. The van der Waals surface area contributed by atoms with E-state index < -0.39 is 11.5 Å². The van der Waals surface area contributed by atoms with Gasteiger partial charge in [-0.2, -0.15) is 4.98 Å². The molecule has 4 aromatic rings. The summed E-state index contributed by atoms with van der Waals surface area (Å²) in [5.41, 5.74) is 21.7. The number of guanidine groups is 1. The largest absolute Gasteiger partial charge is 0.370 e. The van der Waals surface area contributed by atoms with E-state index in [2.05, 4.69) is 38.3 Å². The zero-order valence-electron chi connectivity index (χ0n) is 27.1. The predicted octanol–water partition coefficient (Wildman–Crippen LogP) is 4.79. The molecule has 2 atom stereocenters. The van der Waals surface area contributed by atoms with Crippen LogP contribution in [-0.2, 0) is 6.42 Å². The molecule has 0 aliphatic carbocycles. The molecule has 5 rings (SSSR count). The van der Waals surface area contributed by atoms with Gasteiger partial charge in [0.05, 0.1) is 16.4 Å². The topological polar surface area (TPSA) is 156 Å². The summed E-state index contributed by atoms with van der Waals surface area (Å²) in [5, 5.41) is 4.40. The number of rotatable bonds is 14. The van der Waals surface area contributed by atoms with Gasteiger partial charge in [0.25, 0.3) is 0 Å². The van der Waals surface area contributed by atoms with E-state index in [0.717, 1.165) is 69.3 Å². The molecule has 0 bridgehead atoms. The minimum absolute atomic E-state index is 0.0536. The van der Waals surface area contributed by atoms with E-state index in [-0.39, 0.29) is 23.1 Å². The van der Waals surface area contributed by atoms with Crippen molar-refractivity contribution in [3.8, 4) is 16.9 Å². The molecule has 0 radical (unpaired) electrons. The number of aromatic nitrogens is 3. The van der Waals surface area contributed by atoms with Gasteiger partial charge in [-0.1, -0.05) is 35.4 Å². The first-order valence-electron chi connectivity index (χ1n) is 16.2. The maximum atomic E-state index is 15.2. The maximum absolute atomic E-state index is 15.2. The van der Waals surface area contributed by atoms with Crippen molar-refractivity contribution in [2.24, 2.45) is 22.2 Å². The van der Waals surface area contributed by atoms with Crippen LogP contribution in [0.15, 0.2) is 70.1 Å². The molecule has 0 spiro atoms. The van der Waals surface area contributed by atoms with Crippen LogP contribution < -0.4 is 28.2 Å². The first-order chi connectivity index (χ1) is 22.6. The number of H-pyrrole nitrogens is 1. The van der Waals surface area contributed by atoms with E-state index in [0.29, 0.717) is 34.5 Å². The van der Waals surface area contributed by atoms with Crippen LogP contribution in [0.1, 0.15) is 56.2 Å². The SMILES string of the molecule is C[C@H](N)CCCc1cc(Cl)c(F)c(-c2cc3cn(-c4ccc([C@H](CC5=CCCN(C)C5)NCCCN=C(N)N)cc4)c(=O)nc3[nH]2)c1. The Balaban J connectivity index is 1.38. The van der Waals surface area contributed by atoms with E-state index in [1.165, 1.54) is 10.1 Å². The fourth-order valence-electron chi connectivity index (χ4n) is 6.07. The Morgan fingerprint density at radius 1 is 1.19 bits per heavy atom. The van der Waals surface area contributed by atoms with Gasteiger partial charge in [-0.3, -0.25) is 9.56 Å². The first-order valence-corrected chi connectivity index (χ1v) is 16.6. The lowest BCUT2D eigenvalue weighted by Gasteiger charge is -2.27. The number of hydrogen-bond donors (Lipinski definition) is 5. The van der Waals surface area contributed by atoms with Crippen LogP contribution in [0.4, 0.5) is 4.39 Å². The van der Waals surface area contributed by atoms with Gasteiger partial charge in [-0.15, -0.1) is 0 Å². The number of nitrogens with two attached hydrogens (primary N) is 3. The van der Waals surface area contributed by atoms with Crippen LogP contribution in [0.2, 0.25) is 5.02 Å². The van der Waals surface area contributed by atoms with E-state index in [9.17, 15) is 4.79 Å². The van der Waals surface area contributed by atoms with Gasteiger partial charge in [0.2, 0.25) is 0 Å². The minimum atomic E-state index is -0.519. The number of nitrogens with one attached hydrogen (secondary N) is 2. The summed E-state index contributed by atoms with van der Waals surface area (Å²) < 4.78 is 16.7. The Morgan fingerprint density at radius 3 is 2.70 bits per heavy atom. The predicted molar refractivity (Wildman–Crippen MR) is 190 cm³/mol. The summed E-state index contributed by atoms with van der Waals surface area (Å²) in [5.74, 6) is -0.420. The van der Waals surface area contributed by atoms with Crippen LogP contribution in [-0.4, -0.2) is 64.7 Å². The van der Waals surface area contributed by atoms with Crippen molar-refractivity contribution in [2.45, 2.75) is 57.5 Å². The Labute approximate surface area is 279 Å². The molecule has 8 N–H and O–H groups in total. The zero-order chi connectivity index (χ0) is 33.5. The van der Waals surface area contributed by atoms with Gasteiger partial charge < -0.3 is 32.4 Å². The van der Waals surface area contributed by atoms with Crippen molar-refractivity contribution < 1.29 is 4.39 Å². The molecule has 1 aliphatic rings. The van der Waals surface area contributed by atoms with Gasteiger partial charge in [-0.05, 0) is 100 Å². The van der Waals surface area contributed by atoms with Crippen molar-refractivity contribution in [3.63, 3.8) is 0 Å². The standard InChI is InChI=1S/C35H45ClFN9O/c1-22(38)6-3-7-23-16-28(32(37)29(36)17-23)31-19-26-21-46(35(47)44-33(26)43-31)27-11-9-25(10-12-27)30(41-13-5-14-42-34(39)40)18-24-8-4-15-45(2)20-24/h8-12,16-17,19,21-22,30,41H,3-7,13-15,18,20,38H2,1-2H3,(H4,39,40,42)(H,43,44,47)/t22-,30-/m0/s1. The van der Waals surface area contributed by atoms with Crippen LogP contribution in [0, 0.1) is 5.82 Å². The van der Waals surface area contributed by atoms with Gasteiger partial charge in [0.1, 0.15) is 5.65 Å². The molecule has 0 fully saturated rings. The number of aromatic amines is 1. The molecular formula is C35H45ClFN9O. The van der Waals surface area contributed by atoms with Crippen LogP contribution >= 0.6 is 11.6 Å². The number of halogens is 2. The number of nitrogens with zero attached hydrogens (tertiary/aromatic N) is 4. The molecule has 250 valence electrons. The third-order valence-electron chi connectivity index (χ3n) is 8.49. The second-order valence-corrected chi connectivity index (χ2v) is 12.9. The Kier molecular flexibility index (Phi) is 11.5. The highest BCUT2D eigenvalue weighted by molar-refractivity contribution is 6.31. The molecule has 0 saturated carbocycles. The first kappa shape index (κ1) is 34.3. The number of hydrogen-bond acceptors (Lipinski definition) is 6. The molecule has 3 heterocycles. The Morgan fingerprint density at radius 2 is 1.98 bits per heavy atom. The summed E-state index contributed by atoms with van der Waals surface area (Å²) in [6.07, 6.45) is 9.26. The quantitative estimate of drug-likeness (QED) is 0.0563. The summed E-state index contributed by atoms with van der Waals surface area (Å²) in [4.78, 5) is 27.0. The van der Waals surface area contributed by atoms with Crippen LogP contribution in [0.5, 0.6) is 0 Å². The van der Waals surface area contributed by atoms with Crippen molar-refractivity contribution in [1.82, 2.24) is 24.8 Å². The molecule has 10 nitrogen and oxygen atoms in total. The monoisotopic (exact) mass is 661 g/mol. The smallest absolute Gasteiger partial charge is 0.354 e. The van der Waals surface area contributed by atoms with Crippen molar-refractivity contribution in [1.29, 1.82) is 0 Å². The molecule has 2 aromatic heterocycles. The third-order valence-corrected chi connectivity index (χ3v) is 8.76. The number of aliphatic imine (C=N–C) groups is 1. The fraction of sp³-hybridized carbons (Fsp3) is 0.400. The average Bonchev–Trinajstić information content (AvgIpc) is 3.44. The number of fused-ring (bicyclic) bond motifs is 1. The minimum Gasteiger partial charge on any atom is -0.370 e. The number of benzene rings is 2. The van der Waals surface area contributed by atoms with E-state index in [4.69, 9.17) is 28.8 Å². The molecular weight excluding hydrogens is 617 g/mol. The van der Waals surface area contributed by atoms with Crippen LogP contribution in [0.25, 0.3) is 28.0 Å². The van der Waals surface area contributed by atoms with E-state index >= 15 is 4.39 Å². The Hall–Kier alpha value is -4.03. The summed E-state index contributed by atoms with van der Waals surface area (Å²) >= 11 is 6.28. The van der Waals surface area contributed by atoms with Gasteiger partial charge in [-0.25, -0.2) is 9.18 Å². The molecule has 0 saturated heterocycles. The number of aryl methyl sites for hydroxylation is 1. The summed E-state index contributed by atoms with van der Waals surface area (Å²) in [6, 6.07) is 13.4. The molecule has 0 unspecified atom stereocenters. The third kappa shape index (κ3) is 9.07. The highest BCUT2D eigenvalue weighted by atomic mass is 35.5. The van der Waals surface area contributed by atoms with E-state index in [1.807, 2.05) is 31.2 Å². The highest BCUT2D eigenvalue weighted by Crippen LogP contribution is 2.32. The molecule has 2 aromatic carbocycles. The molecule has 47 heavy (non-hydrogen) atoms.